The maximum Gasteiger partial charge on any atom is 0.257 e. The van der Waals surface area contributed by atoms with Gasteiger partial charge in [0.15, 0.2) is 0 Å². The highest BCUT2D eigenvalue weighted by atomic mass is 16.2. The van der Waals surface area contributed by atoms with E-state index in [4.69, 9.17) is 0 Å². The zero-order valence-corrected chi connectivity index (χ0v) is 10.7. The molecule has 1 N–H and O–H groups in total. The Bertz CT molecular complexity index is 722. The molecule has 1 aliphatic rings. The summed E-state index contributed by atoms with van der Waals surface area (Å²) in [5.74, 6) is -0.506. The van der Waals surface area contributed by atoms with Crippen LogP contribution in [0.2, 0.25) is 0 Å². The minimum atomic E-state index is -0.276. The fourth-order valence-electron chi connectivity index (χ4n) is 2.28. The van der Waals surface area contributed by atoms with Crippen LogP contribution >= 0.6 is 0 Å². The Balaban J connectivity index is 2.32. The van der Waals surface area contributed by atoms with E-state index in [2.05, 4.69) is 11.9 Å². The number of rotatable bonds is 1. The molecule has 0 unspecified atom stereocenters. The number of hydrogen-bond acceptors (Lipinski definition) is 2. The molecule has 0 aliphatic carbocycles. The van der Waals surface area contributed by atoms with Crippen LogP contribution in [0.4, 0.5) is 17.1 Å². The SMILES string of the molecule is C=CC(=O)N1c2ccccc2NC(=O)c2ccccc21. The van der Waals surface area contributed by atoms with Crippen LogP contribution in [0.5, 0.6) is 0 Å². The van der Waals surface area contributed by atoms with Crippen LogP contribution in [-0.4, -0.2) is 11.8 Å². The van der Waals surface area contributed by atoms with Gasteiger partial charge in [0.2, 0.25) is 0 Å². The normalized spacial score (nSPS) is 12.8. The van der Waals surface area contributed by atoms with E-state index < -0.39 is 0 Å². The van der Waals surface area contributed by atoms with E-state index in [1.807, 2.05) is 12.1 Å². The number of nitrogens with zero attached hydrogens (tertiary/aromatic N) is 1. The van der Waals surface area contributed by atoms with Crippen LogP contribution < -0.4 is 10.2 Å². The van der Waals surface area contributed by atoms with Crippen molar-refractivity contribution in [1.82, 2.24) is 0 Å². The van der Waals surface area contributed by atoms with Gasteiger partial charge in [-0.3, -0.25) is 14.5 Å². The molecule has 3 rings (SSSR count). The number of carbonyl (C=O) groups is 2. The predicted molar refractivity (Wildman–Crippen MR) is 78.2 cm³/mol. The number of amides is 2. The molecule has 4 heteroatoms. The van der Waals surface area contributed by atoms with Crippen LogP contribution in [0.1, 0.15) is 10.4 Å². The summed E-state index contributed by atoms with van der Waals surface area (Å²) in [6.45, 7) is 3.53. The Morgan fingerprint density at radius 1 is 1.05 bits per heavy atom. The van der Waals surface area contributed by atoms with Crippen molar-refractivity contribution >= 4 is 28.9 Å². The number of benzene rings is 2. The molecule has 0 saturated carbocycles. The molecule has 0 fully saturated rings. The minimum Gasteiger partial charge on any atom is -0.320 e. The molecule has 1 heterocycles. The average Bonchev–Trinajstić information content (AvgIpc) is 2.61. The van der Waals surface area contributed by atoms with Crippen molar-refractivity contribution < 1.29 is 9.59 Å². The van der Waals surface area contributed by atoms with Gasteiger partial charge in [-0.2, -0.15) is 0 Å². The second kappa shape index (κ2) is 4.66. The van der Waals surface area contributed by atoms with E-state index >= 15 is 0 Å². The Hall–Kier alpha value is -2.88. The second-order valence-electron chi connectivity index (χ2n) is 4.37. The lowest BCUT2D eigenvalue weighted by Gasteiger charge is -2.22. The zero-order valence-electron chi connectivity index (χ0n) is 10.7. The summed E-state index contributed by atoms with van der Waals surface area (Å²) < 4.78 is 0. The molecular formula is C16H12N2O2. The Kier molecular flexibility index (Phi) is 2.84. The quantitative estimate of drug-likeness (QED) is 0.804. The van der Waals surface area contributed by atoms with Gasteiger partial charge in [0.25, 0.3) is 11.8 Å². The van der Waals surface area contributed by atoms with E-state index in [0.717, 1.165) is 0 Å². The molecule has 2 aromatic carbocycles. The van der Waals surface area contributed by atoms with Gasteiger partial charge in [0.1, 0.15) is 0 Å². The first-order valence-corrected chi connectivity index (χ1v) is 6.18. The smallest absolute Gasteiger partial charge is 0.257 e. The Morgan fingerprint density at radius 3 is 2.45 bits per heavy atom. The van der Waals surface area contributed by atoms with E-state index in [0.29, 0.717) is 22.6 Å². The lowest BCUT2D eigenvalue weighted by atomic mass is 10.1. The standard InChI is InChI=1S/C16H12N2O2/c1-2-15(19)18-13-9-5-3-7-11(13)16(20)17-12-8-4-6-10-14(12)18/h2-10H,1H2,(H,17,20). The third-order valence-corrected chi connectivity index (χ3v) is 3.18. The number of hydrogen-bond donors (Lipinski definition) is 1. The lowest BCUT2D eigenvalue weighted by Crippen LogP contribution is -2.24. The Labute approximate surface area is 116 Å². The first kappa shape index (κ1) is 12.2. The highest BCUT2D eigenvalue weighted by molar-refractivity contribution is 6.19. The molecule has 0 radical (unpaired) electrons. The maximum atomic E-state index is 12.2. The summed E-state index contributed by atoms with van der Waals surface area (Å²) in [6.07, 6.45) is 1.24. The van der Waals surface area contributed by atoms with Crippen molar-refractivity contribution in [2.24, 2.45) is 0 Å². The molecule has 0 atom stereocenters. The molecular weight excluding hydrogens is 252 g/mol. The summed E-state index contributed by atoms with van der Waals surface area (Å²) >= 11 is 0. The van der Waals surface area contributed by atoms with Crippen molar-refractivity contribution in [1.29, 1.82) is 0 Å². The van der Waals surface area contributed by atoms with Crippen molar-refractivity contribution in [3.63, 3.8) is 0 Å². The van der Waals surface area contributed by atoms with Crippen molar-refractivity contribution in [3.8, 4) is 0 Å². The van der Waals surface area contributed by atoms with Gasteiger partial charge in [-0.15, -0.1) is 0 Å². The van der Waals surface area contributed by atoms with Gasteiger partial charge in [-0.05, 0) is 30.3 Å². The highest BCUT2D eigenvalue weighted by Gasteiger charge is 2.27. The zero-order chi connectivity index (χ0) is 14.1. The van der Waals surface area contributed by atoms with E-state index in [-0.39, 0.29) is 11.8 Å². The summed E-state index contributed by atoms with van der Waals surface area (Å²) in [5, 5.41) is 2.82. The first-order valence-electron chi connectivity index (χ1n) is 6.18. The molecule has 2 aromatic rings. The number of anilines is 3. The number of fused-ring (bicyclic) bond motifs is 2. The summed E-state index contributed by atoms with van der Waals surface area (Å²) in [6, 6.07) is 14.2. The second-order valence-corrected chi connectivity index (χ2v) is 4.37. The topological polar surface area (TPSA) is 49.4 Å². The van der Waals surface area contributed by atoms with E-state index in [1.54, 1.807) is 36.4 Å². The van der Waals surface area contributed by atoms with Crippen LogP contribution in [0.3, 0.4) is 0 Å². The number of carbonyl (C=O) groups excluding carboxylic acids is 2. The number of para-hydroxylation sites is 3. The van der Waals surface area contributed by atoms with Crippen molar-refractivity contribution in [3.05, 3.63) is 66.7 Å². The lowest BCUT2D eigenvalue weighted by molar-refractivity contribution is -0.113. The highest BCUT2D eigenvalue weighted by Crippen LogP contribution is 2.37. The van der Waals surface area contributed by atoms with Crippen LogP contribution in [0.15, 0.2) is 61.2 Å². The minimum absolute atomic E-state index is 0.229. The fraction of sp³-hybridized carbons (Fsp3) is 0. The van der Waals surface area contributed by atoms with E-state index in [9.17, 15) is 9.59 Å². The van der Waals surface area contributed by atoms with Gasteiger partial charge in [0.05, 0.1) is 22.6 Å². The average molecular weight is 264 g/mol. The van der Waals surface area contributed by atoms with Crippen LogP contribution in [-0.2, 0) is 4.79 Å². The summed E-state index contributed by atoms with van der Waals surface area (Å²) in [5.41, 5.74) is 2.25. The maximum absolute atomic E-state index is 12.2. The monoisotopic (exact) mass is 264 g/mol. The third kappa shape index (κ3) is 1.78. The molecule has 98 valence electrons. The molecule has 0 aromatic heterocycles. The van der Waals surface area contributed by atoms with Crippen LogP contribution in [0, 0.1) is 0 Å². The van der Waals surface area contributed by atoms with Gasteiger partial charge in [-0.1, -0.05) is 30.8 Å². The Morgan fingerprint density at radius 2 is 1.70 bits per heavy atom. The molecule has 1 aliphatic heterocycles. The van der Waals surface area contributed by atoms with Crippen molar-refractivity contribution in [2.75, 3.05) is 10.2 Å². The van der Waals surface area contributed by atoms with Gasteiger partial charge < -0.3 is 5.32 Å². The molecule has 2 amide bonds. The first-order chi connectivity index (χ1) is 9.72. The van der Waals surface area contributed by atoms with Crippen LogP contribution in [0.25, 0.3) is 0 Å². The van der Waals surface area contributed by atoms with Gasteiger partial charge >= 0.3 is 0 Å². The molecule has 20 heavy (non-hydrogen) atoms. The molecule has 0 saturated heterocycles. The molecule has 0 bridgehead atoms. The van der Waals surface area contributed by atoms with Gasteiger partial charge in [-0.25, -0.2) is 0 Å². The fourth-order valence-corrected chi connectivity index (χ4v) is 2.28. The third-order valence-electron chi connectivity index (χ3n) is 3.18. The molecule has 0 spiro atoms. The summed E-state index contributed by atoms with van der Waals surface area (Å²) in [4.78, 5) is 26.0. The van der Waals surface area contributed by atoms with Gasteiger partial charge in [0, 0.05) is 0 Å². The number of nitrogens with one attached hydrogen (secondary N) is 1. The van der Waals surface area contributed by atoms with E-state index in [1.165, 1.54) is 11.0 Å². The predicted octanol–water partition coefficient (Wildman–Crippen LogP) is 3.10. The largest absolute Gasteiger partial charge is 0.320 e. The molecule has 4 nitrogen and oxygen atoms in total. The van der Waals surface area contributed by atoms with Crippen molar-refractivity contribution in [2.45, 2.75) is 0 Å². The summed E-state index contributed by atoms with van der Waals surface area (Å²) in [7, 11) is 0.